The quantitative estimate of drug-likeness (QED) is 0.548. The minimum atomic E-state index is -3.62. The maximum atomic E-state index is 12.1. The molecule has 0 saturated heterocycles. The Morgan fingerprint density at radius 3 is 2.45 bits per heavy atom. The van der Waals surface area contributed by atoms with Crippen LogP contribution in [0.15, 0.2) is 23.1 Å². The second-order valence-electron chi connectivity index (χ2n) is 4.29. The topological polar surface area (TPSA) is 113 Å². The molecule has 0 spiro atoms. The number of ketones is 1. The van der Waals surface area contributed by atoms with Gasteiger partial charge in [0.1, 0.15) is 10.6 Å². The summed E-state index contributed by atoms with van der Waals surface area (Å²) in [6, 6.07) is 3.96. The van der Waals surface area contributed by atoms with Crippen molar-refractivity contribution >= 4 is 21.6 Å². The normalized spacial score (nSPS) is 11.0. The van der Waals surface area contributed by atoms with Gasteiger partial charge in [-0.1, -0.05) is 6.92 Å². The van der Waals surface area contributed by atoms with Crippen molar-refractivity contribution in [2.75, 3.05) is 25.5 Å². The average Bonchev–Trinajstić information content (AvgIpc) is 2.52. The zero-order valence-electron chi connectivity index (χ0n) is 12.5. The first-order valence-electron chi connectivity index (χ1n) is 6.74. The Labute approximate surface area is 129 Å². The highest BCUT2D eigenvalue weighted by Crippen LogP contribution is 2.26. The molecule has 0 atom stereocenters. The van der Waals surface area contributed by atoms with Crippen LogP contribution in [0.5, 0.6) is 5.75 Å². The van der Waals surface area contributed by atoms with E-state index in [0.29, 0.717) is 0 Å². The van der Waals surface area contributed by atoms with Crippen LogP contribution in [-0.2, 0) is 19.4 Å². The highest BCUT2D eigenvalue weighted by molar-refractivity contribution is 7.91. The van der Waals surface area contributed by atoms with Crippen molar-refractivity contribution in [2.45, 2.75) is 18.7 Å². The number of Topliss-reactive ketones (excluding diaryl/α,β-unsaturated/α-hetero) is 1. The van der Waals surface area contributed by atoms with Gasteiger partial charge in [0.25, 0.3) is 0 Å². The van der Waals surface area contributed by atoms with E-state index in [2.05, 4.69) is 0 Å². The van der Waals surface area contributed by atoms with Gasteiger partial charge in [-0.15, -0.1) is 0 Å². The van der Waals surface area contributed by atoms with Crippen molar-refractivity contribution in [3.05, 3.63) is 23.8 Å². The van der Waals surface area contributed by atoms with Crippen molar-refractivity contribution < 1.29 is 27.5 Å². The molecule has 0 aliphatic carbocycles. The lowest BCUT2D eigenvalue weighted by Crippen LogP contribution is -2.18. The van der Waals surface area contributed by atoms with Crippen LogP contribution in [0.25, 0.3) is 0 Å². The molecule has 22 heavy (non-hydrogen) atoms. The summed E-state index contributed by atoms with van der Waals surface area (Å²) >= 11 is 0. The highest BCUT2D eigenvalue weighted by Gasteiger charge is 2.21. The van der Waals surface area contributed by atoms with Gasteiger partial charge in [-0.2, -0.15) is 0 Å². The van der Waals surface area contributed by atoms with Crippen molar-refractivity contribution in [1.82, 2.24) is 0 Å². The molecular formula is C14H19NO6S. The van der Waals surface area contributed by atoms with E-state index in [-0.39, 0.29) is 40.9 Å². The second kappa shape index (κ2) is 7.90. The third kappa shape index (κ3) is 4.54. The summed E-state index contributed by atoms with van der Waals surface area (Å²) in [6.07, 6.45) is 0. The Morgan fingerprint density at radius 2 is 1.91 bits per heavy atom. The minimum Gasteiger partial charge on any atom is -0.481 e. The van der Waals surface area contributed by atoms with Crippen LogP contribution in [0.1, 0.15) is 24.2 Å². The molecule has 2 N–H and O–H groups in total. The largest absolute Gasteiger partial charge is 0.481 e. The van der Waals surface area contributed by atoms with E-state index in [1.165, 1.54) is 25.1 Å². The molecule has 1 rings (SSSR count). The van der Waals surface area contributed by atoms with Gasteiger partial charge in [0.15, 0.2) is 22.2 Å². The van der Waals surface area contributed by atoms with E-state index in [9.17, 15) is 18.0 Å². The Hall–Kier alpha value is -1.93. The molecule has 0 fully saturated rings. The molecule has 1 aromatic carbocycles. The van der Waals surface area contributed by atoms with Gasteiger partial charge in [0.05, 0.1) is 18.9 Å². The highest BCUT2D eigenvalue weighted by atomic mass is 32.2. The lowest BCUT2D eigenvalue weighted by Gasteiger charge is -2.12. The molecule has 0 saturated carbocycles. The van der Waals surface area contributed by atoms with E-state index in [4.69, 9.17) is 15.2 Å². The fourth-order valence-electron chi connectivity index (χ4n) is 1.66. The maximum absolute atomic E-state index is 12.1. The van der Waals surface area contributed by atoms with Crippen molar-refractivity contribution in [2.24, 2.45) is 5.73 Å². The lowest BCUT2D eigenvalue weighted by molar-refractivity contribution is -0.145. The van der Waals surface area contributed by atoms with Crippen LogP contribution in [0.3, 0.4) is 0 Å². The van der Waals surface area contributed by atoms with Gasteiger partial charge < -0.3 is 15.2 Å². The van der Waals surface area contributed by atoms with Crippen LogP contribution in [0.4, 0.5) is 0 Å². The van der Waals surface area contributed by atoms with Gasteiger partial charge in [-0.25, -0.2) is 13.2 Å². The smallest absolute Gasteiger partial charge is 0.344 e. The van der Waals surface area contributed by atoms with Crippen LogP contribution in [0.2, 0.25) is 0 Å². The molecule has 8 heteroatoms. The number of nitrogens with two attached hydrogens (primary N) is 1. The minimum absolute atomic E-state index is 0.00322. The van der Waals surface area contributed by atoms with Crippen molar-refractivity contribution in [3.63, 3.8) is 0 Å². The summed E-state index contributed by atoms with van der Waals surface area (Å²) in [6.45, 7) is 2.69. The fraction of sp³-hybridized carbons (Fsp3) is 0.429. The number of carbonyl (C=O) groups excluding carboxylic acids is 2. The van der Waals surface area contributed by atoms with E-state index < -0.39 is 22.4 Å². The molecule has 0 aliphatic heterocycles. The van der Waals surface area contributed by atoms with Crippen LogP contribution < -0.4 is 10.5 Å². The van der Waals surface area contributed by atoms with Crippen LogP contribution in [0, 0.1) is 0 Å². The van der Waals surface area contributed by atoms with Gasteiger partial charge >= 0.3 is 5.97 Å². The molecule has 7 nitrogen and oxygen atoms in total. The molecule has 0 aliphatic rings. The second-order valence-corrected chi connectivity index (χ2v) is 6.53. The van der Waals surface area contributed by atoms with Gasteiger partial charge in [0, 0.05) is 5.56 Å². The molecule has 0 aromatic heterocycles. The molecule has 122 valence electrons. The Balaban J connectivity index is 3.16. The predicted molar refractivity (Wildman–Crippen MR) is 79.7 cm³/mol. The van der Waals surface area contributed by atoms with Crippen LogP contribution in [-0.4, -0.2) is 45.7 Å². The third-order valence-corrected chi connectivity index (χ3v) is 4.57. The molecule has 0 bridgehead atoms. The van der Waals surface area contributed by atoms with Gasteiger partial charge in [-0.05, 0) is 25.1 Å². The zero-order valence-corrected chi connectivity index (χ0v) is 13.3. The van der Waals surface area contributed by atoms with Crippen molar-refractivity contribution in [3.8, 4) is 5.75 Å². The molecule has 0 heterocycles. The summed E-state index contributed by atoms with van der Waals surface area (Å²) in [4.78, 5) is 22.8. The van der Waals surface area contributed by atoms with E-state index in [0.717, 1.165) is 0 Å². The Bertz CT molecular complexity index is 653. The molecule has 0 amide bonds. The fourth-order valence-corrected chi connectivity index (χ4v) is 2.71. The predicted octanol–water partition coefficient (Wildman–Crippen LogP) is 0.564. The number of carbonyl (C=O) groups is 2. The number of sulfone groups is 1. The molecule has 1 aromatic rings. The summed E-state index contributed by atoms with van der Waals surface area (Å²) in [7, 11) is -3.62. The first-order valence-corrected chi connectivity index (χ1v) is 8.39. The molecular weight excluding hydrogens is 310 g/mol. The number of ether oxygens (including phenoxy) is 2. The van der Waals surface area contributed by atoms with Crippen molar-refractivity contribution in [1.29, 1.82) is 0 Å². The SMILES string of the molecule is CCOC(=O)COc1ccc(C(=O)CN)cc1S(=O)(=O)CC. The molecule has 0 radical (unpaired) electrons. The Kier molecular flexibility index (Phi) is 6.51. The number of benzene rings is 1. The first-order chi connectivity index (χ1) is 10.4. The standard InChI is InChI=1S/C14H19NO6S/c1-3-20-14(17)9-21-12-6-5-10(11(16)8-15)7-13(12)22(18,19)4-2/h5-7H,3-4,8-9,15H2,1-2H3. The first kappa shape index (κ1) is 18.1. The number of hydrogen-bond acceptors (Lipinski definition) is 7. The number of hydrogen-bond donors (Lipinski definition) is 1. The van der Waals surface area contributed by atoms with E-state index >= 15 is 0 Å². The molecule has 0 unspecified atom stereocenters. The number of rotatable bonds is 8. The average molecular weight is 329 g/mol. The zero-order chi connectivity index (χ0) is 16.8. The van der Waals surface area contributed by atoms with E-state index in [1.54, 1.807) is 6.92 Å². The summed E-state index contributed by atoms with van der Waals surface area (Å²) < 4.78 is 34.2. The summed E-state index contributed by atoms with van der Waals surface area (Å²) in [5.74, 6) is -1.15. The Morgan fingerprint density at radius 1 is 1.23 bits per heavy atom. The summed E-state index contributed by atoms with van der Waals surface area (Å²) in [5, 5.41) is 0. The maximum Gasteiger partial charge on any atom is 0.344 e. The van der Waals surface area contributed by atoms with Crippen LogP contribution >= 0.6 is 0 Å². The van der Waals surface area contributed by atoms with E-state index in [1.807, 2.05) is 0 Å². The summed E-state index contributed by atoms with van der Waals surface area (Å²) in [5.41, 5.74) is 5.45. The number of esters is 1. The van der Waals surface area contributed by atoms with Gasteiger partial charge in [0.2, 0.25) is 0 Å². The van der Waals surface area contributed by atoms with Gasteiger partial charge in [-0.3, -0.25) is 4.79 Å². The monoisotopic (exact) mass is 329 g/mol. The third-order valence-electron chi connectivity index (χ3n) is 2.82. The lowest BCUT2D eigenvalue weighted by atomic mass is 10.1.